The van der Waals surface area contributed by atoms with Gasteiger partial charge in [0, 0.05) is 44.2 Å². The van der Waals surface area contributed by atoms with Crippen LogP contribution in [0.4, 0.5) is 10.5 Å². The molecule has 4 heterocycles. The predicted molar refractivity (Wildman–Crippen MR) is 193 cm³/mol. The summed E-state index contributed by atoms with van der Waals surface area (Å²) in [4.78, 5) is 94.0. The van der Waals surface area contributed by atoms with E-state index in [1.807, 2.05) is 18.2 Å². The number of hydrogen-bond acceptors (Lipinski definition) is 10. The number of carbonyl (C=O) groups excluding carboxylic acids is 6. The maximum atomic E-state index is 14.0. The number of rotatable bonds is 7. The molecular formula is C37H51N7O9. The van der Waals surface area contributed by atoms with Crippen LogP contribution in [0.3, 0.4) is 0 Å². The Labute approximate surface area is 307 Å². The van der Waals surface area contributed by atoms with Gasteiger partial charge in [-0.25, -0.2) is 14.4 Å². The zero-order valence-corrected chi connectivity index (χ0v) is 31.1. The number of esters is 1. The lowest BCUT2D eigenvalue weighted by molar-refractivity contribution is -0.155. The Morgan fingerprint density at radius 2 is 1.68 bits per heavy atom. The van der Waals surface area contributed by atoms with E-state index in [9.17, 15) is 33.6 Å². The molecule has 1 aromatic heterocycles. The van der Waals surface area contributed by atoms with Gasteiger partial charge in [-0.3, -0.25) is 33.6 Å². The highest BCUT2D eigenvalue weighted by atomic mass is 16.6. The average Bonchev–Trinajstić information content (AvgIpc) is 3.64. The Hall–Kier alpha value is -4.89. The van der Waals surface area contributed by atoms with Gasteiger partial charge >= 0.3 is 17.8 Å². The Morgan fingerprint density at radius 3 is 2.36 bits per heavy atom. The number of hydrogen-bond donors (Lipinski definition) is 3. The summed E-state index contributed by atoms with van der Waals surface area (Å²) in [6.07, 6.45) is 4.25. The molecule has 0 spiro atoms. The van der Waals surface area contributed by atoms with Gasteiger partial charge in [0.15, 0.2) is 0 Å². The number of aryl methyl sites for hydroxylation is 1. The Morgan fingerprint density at radius 1 is 0.943 bits per heavy atom. The number of ether oxygens (including phenoxy) is 2. The largest absolute Gasteiger partial charge is 0.467 e. The maximum absolute atomic E-state index is 14.0. The number of alkyl carbamates (subject to hydrolysis) is 1. The summed E-state index contributed by atoms with van der Waals surface area (Å²) < 4.78 is 13.4. The van der Waals surface area contributed by atoms with E-state index < -0.39 is 47.6 Å². The predicted octanol–water partition coefficient (Wildman–Crippen LogP) is 2.19. The monoisotopic (exact) mass is 737 g/mol. The third kappa shape index (κ3) is 8.05. The first-order chi connectivity index (χ1) is 25.1. The Kier molecular flexibility index (Phi) is 10.9. The normalized spacial score (nSPS) is 26.7. The molecule has 2 aromatic rings. The number of amides is 5. The molecule has 3 N–H and O–H groups in total. The molecule has 3 aliphatic heterocycles. The van der Waals surface area contributed by atoms with Crippen molar-refractivity contribution < 1.29 is 38.2 Å². The van der Waals surface area contributed by atoms with Crippen molar-refractivity contribution in [3.63, 3.8) is 0 Å². The van der Waals surface area contributed by atoms with Gasteiger partial charge in [-0.2, -0.15) is 0 Å². The summed E-state index contributed by atoms with van der Waals surface area (Å²) in [5, 5.41) is 8.51. The van der Waals surface area contributed by atoms with Crippen molar-refractivity contribution in [2.75, 3.05) is 32.1 Å². The lowest BCUT2D eigenvalue weighted by Crippen LogP contribution is -2.61. The Balaban J connectivity index is 1.08. The van der Waals surface area contributed by atoms with E-state index in [0.29, 0.717) is 62.1 Å². The van der Waals surface area contributed by atoms with E-state index in [4.69, 9.17) is 9.47 Å². The van der Waals surface area contributed by atoms with Crippen LogP contribution < -0.4 is 21.6 Å². The number of carbonyl (C=O) groups is 6. The maximum Gasteiger partial charge on any atom is 0.408 e. The molecule has 1 aliphatic carbocycles. The summed E-state index contributed by atoms with van der Waals surface area (Å²) >= 11 is 0. The van der Waals surface area contributed by atoms with E-state index in [0.717, 1.165) is 18.5 Å². The molecule has 4 atom stereocenters. The van der Waals surface area contributed by atoms with Crippen LogP contribution in [0.25, 0.3) is 11.0 Å². The van der Waals surface area contributed by atoms with E-state index >= 15 is 0 Å². The van der Waals surface area contributed by atoms with Crippen LogP contribution in [0.15, 0.2) is 23.0 Å². The zero-order chi connectivity index (χ0) is 38.2. The molecule has 1 saturated carbocycles. The molecule has 5 amide bonds. The van der Waals surface area contributed by atoms with Gasteiger partial charge in [0.25, 0.3) is 0 Å². The lowest BCUT2D eigenvalue weighted by atomic mass is 9.81. The molecule has 53 heavy (non-hydrogen) atoms. The highest BCUT2D eigenvalue weighted by Crippen LogP contribution is 2.34. The second-order valence-electron chi connectivity index (χ2n) is 15.8. The number of nitrogens with zero attached hydrogens (tertiary/aromatic N) is 4. The van der Waals surface area contributed by atoms with Crippen molar-refractivity contribution in [2.24, 2.45) is 18.9 Å². The number of nitrogens with one attached hydrogen (secondary N) is 3. The highest BCUT2D eigenvalue weighted by Gasteiger charge is 2.46. The topological polar surface area (TPSA) is 190 Å². The van der Waals surface area contributed by atoms with Crippen LogP contribution in [-0.2, 0) is 40.5 Å². The third-order valence-corrected chi connectivity index (χ3v) is 11.1. The summed E-state index contributed by atoms with van der Waals surface area (Å²) in [7, 11) is 2.95. The van der Waals surface area contributed by atoms with Crippen LogP contribution in [0, 0.1) is 11.8 Å². The molecule has 16 heteroatoms. The number of piperidine rings is 1. The van der Waals surface area contributed by atoms with Gasteiger partial charge in [0.2, 0.25) is 23.6 Å². The van der Waals surface area contributed by atoms with Crippen molar-refractivity contribution in [1.29, 1.82) is 0 Å². The van der Waals surface area contributed by atoms with E-state index in [1.54, 1.807) is 37.6 Å². The first-order valence-electron chi connectivity index (χ1n) is 18.6. The molecule has 0 bridgehead atoms. The fourth-order valence-corrected chi connectivity index (χ4v) is 8.34. The molecule has 4 fully saturated rings. The first-order valence-corrected chi connectivity index (χ1v) is 18.6. The number of anilines is 1. The average molecular weight is 738 g/mol. The highest BCUT2D eigenvalue weighted by molar-refractivity contribution is 6.00. The first kappa shape index (κ1) is 37.9. The minimum atomic E-state index is -1.08. The summed E-state index contributed by atoms with van der Waals surface area (Å²) in [6.45, 7) is 6.22. The fraction of sp³-hybridized carbons (Fsp3) is 0.649. The van der Waals surface area contributed by atoms with Gasteiger partial charge in [0.05, 0.1) is 24.7 Å². The van der Waals surface area contributed by atoms with Crippen LogP contribution in [-0.4, -0.2) is 105 Å². The van der Waals surface area contributed by atoms with Crippen LogP contribution in [0.5, 0.6) is 0 Å². The molecule has 1 aromatic carbocycles. The number of imide groups is 1. The van der Waals surface area contributed by atoms with E-state index in [2.05, 4.69) is 16.0 Å². The number of fused-ring (bicyclic) bond motifs is 2. The second kappa shape index (κ2) is 15.2. The second-order valence-corrected chi connectivity index (χ2v) is 15.8. The molecule has 0 radical (unpaired) electrons. The van der Waals surface area contributed by atoms with Crippen LogP contribution >= 0.6 is 0 Å². The standard InChI is InChI=1S/C37H51N7O9/c1-37(2,3)53-35(50)39-25-20-42(17-16-24-11-13-28(34(49)52-5)43(24)33(25)48)32(47)22-8-6-21(7-9-22)19-38-23-10-12-26-29(18-23)41(4)36(51)44(26)27-14-15-30(45)40-31(27)46/h10,12,18,21-22,24-25,27-28,38H,6-9,11,13-17,19-20H2,1-5H3,(H,39,50)(H,40,45,46)/t21-,22-,24-,25+,27?,28+/m1/s1. The summed E-state index contributed by atoms with van der Waals surface area (Å²) in [5.41, 5.74) is 1.01. The van der Waals surface area contributed by atoms with E-state index in [1.165, 1.54) is 16.2 Å². The number of imidazole rings is 1. The molecule has 3 saturated heterocycles. The van der Waals surface area contributed by atoms with Crippen molar-refractivity contribution in [3.05, 3.63) is 28.7 Å². The van der Waals surface area contributed by atoms with E-state index in [-0.39, 0.29) is 48.9 Å². The number of aromatic nitrogens is 2. The van der Waals surface area contributed by atoms with Gasteiger partial charge < -0.3 is 29.9 Å². The molecule has 16 nitrogen and oxygen atoms in total. The number of benzene rings is 1. The smallest absolute Gasteiger partial charge is 0.408 e. The molecule has 288 valence electrons. The third-order valence-electron chi connectivity index (χ3n) is 11.1. The molecular weight excluding hydrogens is 686 g/mol. The minimum Gasteiger partial charge on any atom is -0.467 e. The van der Waals surface area contributed by atoms with Crippen LogP contribution in [0.2, 0.25) is 0 Å². The van der Waals surface area contributed by atoms with Crippen LogP contribution in [0.1, 0.15) is 84.6 Å². The zero-order valence-electron chi connectivity index (χ0n) is 31.1. The van der Waals surface area contributed by atoms with Gasteiger partial charge in [-0.05, 0) is 96.3 Å². The lowest BCUT2D eigenvalue weighted by Gasteiger charge is -2.40. The minimum absolute atomic E-state index is 0.0221. The number of methoxy groups -OCH3 is 1. The van der Waals surface area contributed by atoms with Gasteiger partial charge in [0.1, 0.15) is 23.7 Å². The van der Waals surface area contributed by atoms with Crippen molar-refractivity contribution in [2.45, 2.75) is 108 Å². The molecule has 4 aliphatic rings. The quantitative estimate of drug-likeness (QED) is 0.281. The molecule has 6 rings (SSSR count). The molecule has 1 unspecified atom stereocenters. The van der Waals surface area contributed by atoms with Crippen molar-refractivity contribution >= 4 is 52.4 Å². The van der Waals surface area contributed by atoms with Crippen molar-refractivity contribution in [1.82, 2.24) is 29.6 Å². The Bertz CT molecular complexity index is 1840. The summed E-state index contributed by atoms with van der Waals surface area (Å²) in [6, 6.07) is 2.76. The SMILES string of the molecule is COC(=O)[C@@H]1CC[C@@H]2CCN(C(=O)[C@H]3CC[C@H](CNc4ccc5c(c4)n(C)c(=O)n5C4CCC(=O)NC4=O)CC3)C[C@H](NC(=O)OC(C)(C)C)C(=O)N21. The van der Waals surface area contributed by atoms with Gasteiger partial charge in [-0.1, -0.05) is 0 Å². The summed E-state index contributed by atoms with van der Waals surface area (Å²) in [5.74, 6) is -1.68. The van der Waals surface area contributed by atoms with Gasteiger partial charge in [-0.15, -0.1) is 0 Å². The fourth-order valence-electron chi connectivity index (χ4n) is 8.34. The van der Waals surface area contributed by atoms with Crippen molar-refractivity contribution in [3.8, 4) is 0 Å².